The highest BCUT2D eigenvalue weighted by Crippen LogP contribution is 2.25. The van der Waals surface area contributed by atoms with E-state index in [9.17, 15) is 4.79 Å². The zero-order valence-electron chi connectivity index (χ0n) is 12.7. The Hall–Kier alpha value is -2.16. The molecule has 0 fully saturated rings. The zero-order valence-corrected chi connectivity index (χ0v) is 14.9. The van der Waals surface area contributed by atoms with Crippen LogP contribution < -0.4 is 10.4 Å². The molecule has 1 aliphatic carbocycles. The lowest BCUT2D eigenvalue weighted by Gasteiger charge is -2.13. The Kier molecular flexibility index (Phi) is 4.46. The summed E-state index contributed by atoms with van der Waals surface area (Å²) in [5.74, 6) is 0.790. The van der Waals surface area contributed by atoms with Crippen LogP contribution in [0.25, 0.3) is 5.70 Å². The van der Waals surface area contributed by atoms with Crippen molar-refractivity contribution in [2.75, 3.05) is 0 Å². The third-order valence-electron chi connectivity index (χ3n) is 3.47. The van der Waals surface area contributed by atoms with Crippen molar-refractivity contribution in [1.82, 2.24) is 19.8 Å². The molecule has 0 bridgehead atoms. The summed E-state index contributed by atoms with van der Waals surface area (Å²) in [6, 6.07) is 5.98. The van der Waals surface area contributed by atoms with Crippen LogP contribution in [0.2, 0.25) is 0 Å². The summed E-state index contributed by atoms with van der Waals surface area (Å²) in [4.78, 5) is 12.0. The van der Waals surface area contributed by atoms with Gasteiger partial charge in [-0.25, -0.2) is 4.79 Å². The van der Waals surface area contributed by atoms with Gasteiger partial charge in [0.2, 0.25) is 0 Å². The number of ether oxygens (including phenoxy) is 1. The van der Waals surface area contributed by atoms with Crippen LogP contribution >= 0.6 is 22.6 Å². The van der Waals surface area contributed by atoms with Crippen LogP contribution in [0.5, 0.6) is 5.75 Å². The molecule has 1 aliphatic rings. The average Bonchev–Trinajstić information content (AvgIpc) is 2.86. The normalized spacial score (nSPS) is 15.8. The first kappa shape index (κ1) is 15.7. The molecule has 2 aromatic rings. The smallest absolute Gasteiger partial charge is 0.368 e. The predicted molar refractivity (Wildman–Crippen MR) is 95.9 cm³/mol. The van der Waals surface area contributed by atoms with Crippen LogP contribution in [0.15, 0.2) is 53.1 Å². The number of hydrogen-bond acceptors (Lipinski definition) is 4. The van der Waals surface area contributed by atoms with Crippen molar-refractivity contribution in [3.63, 3.8) is 0 Å². The number of aromatic nitrogens is 4. The number of allylic oxidation sites excluding steroid dienone is 5. The molecule has 0 atom stereocenters. The van der Waals surface area contributed by atoms with Crippen molar-refractivity contribution in [3.8, 4) is 5.75 Å². The van der Waals surface area contributed by atoms with Crippen molar-refractivity contribution in [2.24, 2.45) is 7.05 Å². The van der Waals surface area contributed by atoms with Gasteiger partial charge in [0, 0.05) is 16.2 Å². The van der Waals surface area contributed by atoms with Gasteiger partial charge < -0.3 is 4.74 Å². The van der Waals surface area contributed by atoms with E-state index >= 15 is 0 Å². The average molecular weight is 422 g/mol. The molecule has 0 amide bonds. The maximum absolute atomic E-state index is 12.0. The van der Waals surface area contributed by atoms with E-state index < -0.39 is 0 Å². The number of rotatable bonds is 3. The van der Waals surface area contributed by atoms with Crippen LogP contribution in [0.3, 0.4) is 0 Å². The van der Waals surface area contributed by atoms with Gasteiger partial charge >= 0.3 is 5.69 Å². The first-order valence-electron chi connectivity index (χ1n) is 7.04. The molecule has 6 nitrogen and oxygen atoms in total. The minimum absolute atomic E-state index is 0.289. The molecule has 0 saturated carbocycles. The van der Waals surface area contributed by atoms with E-state index in [0.717, 1.165) is 20.5 Å². The number of benzene rings is 1. The number of nitrogens with zero attached hydrogens (tertiary/aromatic N) is 4. The molecule has 0 aliphatic heterocycles. The summed E-state index contributed by atoms with van der Waals surface area (Å²) in [6.45, 7) is 2.00. The topological polar surface area (TPSA) is 61.9 Å². The highest BCUT2D eigenvalue weighted by atomic mass is 127. The van der Waals surface area contributed by atoms with E-state index in [1.165, 1.54) is 9.36 Å². The Morgan fingerprint density at radius 2 is 2.17 bits per heavy atom. The van der Waals surface area contributed by atoms with Gasteiger partial charge in [-0.05, 0) is 76.2 Å². The number of aryl methyl sites for hydroxylation is 2. The molecule has 7 heteroatoms. The summed E-state index contributed by atoms with van der Waals surface area (Å²) in [5.41, 5.74) is 2.31. The van der Waals surface area contributed by atoms with Crippen molar-refractivity contribution in [2.45, 2.75) is 13.3 Å². The molecule has 0 saturated heterocycles. The third kappa shape index (κ3) is 3.29. The Labute approximate surface area is 146 Å². The lowest BCUT2D eigenvalue weighted by atomic mass is 10.1. The fourth-order valence-electron chi connectivity index (χ4n) is 2.23. The van der Waals surface area contributed by atoms with E-state index in [1.807, 2.05) is 37.3 Å². The maximum atomic E-state index is 12.0. The summed E-state index contributed by atoms with van der Waals surface area (Å²) in [6.07, 6.45) is 8.06. The van der Waals surface area contributed by atoms with Gasteiger partial charge in [-0.15, -0.1) is 0 Å². The fraction of sp³-hybridized carbons (Fsp3) is 0.188. The Balaban J connectivity index is 1.92. The third-order valence-corrected chi connectivity index (χ3v) is 4.14. The standard InChI is InChI=1S/C16H15IN4O2/c1-11-9-13(17)7-8-15(11)23-10-12-5-3-4-6-14(12)21-16(22)20(2)18-19-21/h3-4,6-10H,5H2,1-2H3. The molecule has 0 spiro atoms. The van der Waals surface area contributed by atoms with Crippen molar-refractivity contribution in [1.29, 1.82) is 0 Å². The van der Waals surface area contributed by atoms with Crippen molar-refractivity contribution >= 4 is 28.3 Å². The second kappa shape index (κ2) is 6.53. The van der Waals surface area contributed by atoms with Crippen molar-refractivity contribution < 1.29 is 4.74 Å². The molecule has 0 radical (unpaired) electrons. The van der Waals surface area contributed by atoms with Gasteiger partial charge in [-0.1, -0.05) is 12.2 Å². The lowest BCUT2D eigenvalue weighted by Crippen LogP contribution is -2.24. The summed E-state index contributed by atoms with van der Waals surface area (Å²) in [5, 5.41) is 7.64. The minimum atomic E-state index is -0.289. The van der Waals surface area contributed by atoms with Gasteiger partial charge in [-0.3, -0.25) is 0 Å². The second-order valence-electron chi connectivity index (χ2n) is 5.15. The van der Waals surface area contributed by atoms with Gasteiger partial charge in [0.25, 0.3) is 0 Å². The summed E-state index contributed by atoms with van der Waals surface area (Å²) >= 11 is 2.27. The minimum Gasteiger partial charge on any atom is -0.464 e. The summed E-state index contributed by atoms with van der Waals surface area (Å²) < 4.78 is 9.45. The lowest BCUT2D eigenvalue weighted by molar-refractivity contribution is 0.472. The monoisotopic (exact) mass is 422 g/mol. The molecule has 1 aromatic heterocycles. The highest BCUT2D eigenvalue weighted by molar-refractivity contribution is 14.1. The molecule has 1 heterocycles. The fourth-order valence-corrected chi connectivity index (χ4v) is 2.87. The van der Waals surface area contributed by atoms with Crippen LogP contribution in [0.1, 0.15) is 12.0 Å². The molecular formula is C16H15IN4O2. The SMILES string of the molecule is Cc1cc(I)ccc1OC=C1CC=CC=C1n1nnn(C)c1=O. The predicted octanol–water partition coefficient (Wildman–Crippen LogP) is 2.65. The van der Waals surface area contributed by atoms with E-state index in [1.54, 1.807) is 13.3 Å². The quantitative estimate of drug-likeness (QED) is 0.564. The Morgan fingerprint density at radius 3 is 2.87 bits per heavy atom. The number of hydrogen-bond donors (Lipinski definition) is 0. The van der Waals surface area contributed by atoms with E-state index in [0.29, 0.717) is 12.1 Å². The molecule has 23 heavy (non-hydrogen) atoms. The highest BCUT2D eigenvalue weighted by Gasteiger charge is 2.15. The second-order valence-corrected chi connectivity index (χ2v) is 6.40. The molecule has 118 valence electrons. The van der Waals surface area contributed by atoms with Gasteiger partial charge in [-0.2, -0.15) is 9.36 Å². The first-order chi connectivity index (χ1) is 11.1. The molecule has 0 unspecified atom stereocenters. The number of halogens is 1. The van der Waals surface area contributed by atoms with Crippen LogP contribution in [-0.4, -0.2) is 19.8 Å². The van der Waals surface area contributed by atoms with Crippen LogP contribution in [-0.2, 0) is 7.05 Å². The molecule has 3 rings (SSSR count). The summed E-state index contributed by atoms with van der Waals surface area (Å²) in [7, 11) is 1.57. The van der Waals surface area contributed by atoms with Crippen LogP contribution in [0, 0.1) is 10.5 Å². The van der Waals surface area contributed by atoms with Gasteiger partial charge in [0.15, 0.2) is 0 Å². The van der Waals surface area contributed by atoms with Gasteiger partial charge in [0.05, 0.1) is 12.0 Å². The number of tetrazole rings is 1. The van der Waals surface area contributed by atoms with E-state index in [2.05, 4.69) is 39.1 Å². The molecule has 1 aromatic carbocycles. The van der Waals surface area contributed by atoms with E-state index in [-0.39, 0.29) is 5.69 Å². The maximum Gasteiger partial charge on any atom is 0.368 e. The largest absolute Gasteiger partial charge is 0.464 e. The first-order valence-corrected chi connectivity index (χ1v) is 8.12. The van der Waals surface area contributed by atoms with Crippen molar-refractivity contribution in [3.05, 3.63) is 67.9 Å². The van der Waals surface area contributed by atoms with E-state index in [4.69, 9.17) is 4.74 Å². The Bertz CT molecular complexity index is 890. The molecular weight excluding hydrogens is 407 g/mol. The zero-order chi connectivity index (χ0) is 16.4. The van der Waals surface area contributed by atoms with Gasteiger partial charge in [0.1, 0.15) is 5.75 Å². The molecule has 0 N–H and O–H groups in total. The Morgan fingerprint density at radius 1 is 1.35 bits per heavy atom. The van der Waals surface area contributed by atoms with Crippen LogP contribution in [0.4, 0.5) is 0 Å².